The van der Waals surface area contributed by atoms with Crippen LogP contribution < -0.4 is 0 Å². The van der Waals surface area contributed by atoms with Crippen LogP contribution in [0.5, 0.6) is 0 Å². The summed E-state index contributed by atoms with van der Waals surface area (Å²) >= 11 is 3.14. The zero-order valence-electron chi connectivity index (χ0n) is 7.33. The van der Waals surface area contributed by atoms with E-state index < -0.39 is 11.9 Å². The van der Waals surface area contributed by atoms with Crippen LogP contribution in [-0.4, -0.2) is 18.1 Å². The Hall–Kier alpha value is -1.23. The quantitative estimate of drug-likeness (QED) is 0.464. The molecule has 14 heavy (non-hydrogen) atoms. The van der Waals surface area contributed by atoms with Gasteiger partial charge in [0.1, 0.15) is 0 Å². The SMILES string of the molecule is COC(=O)/C=C/c1cc(Br)cnc1F. The number of hydrogen-bond donors (Lipinski definition) is 0. The van der Waals surface area contributed by atoms with Gasteiger partial charge in [0, 0.05) is 22.3 Å². The Morgan fingerprint density at radius 1 is 1.71 bits per heavy atom. The highest BCUT2D eigenvalue weighted by atomic mass is 79.9. The summed E-state index contributed by atoms with van der Waals surface area (Å²) in [5.74, 6) is -1.17. The topological polar surface area (TPSA) is 39.2 Å². The van der Waals surface area contributed by atoms with Crippen LogP contribution in [0.4, 0.5) is 4.39 Å². The van der Waals surface area contributed by atoms with Gasteiger partial charge in [-0.3, -0.25) is 0 Å². The van der Waals surface area contributed by atoms with Crippen molar-refractivity contribution in [3.8, 4) is 0 Å². The molecule has 1 rings (SSSR count). The van der Waals surface area contributed by atoms with Crippen LogP contribution in [0, 0.1) is 5.95 Å². The zero-order valence-corrected chi connectivity index (χ0v) is 8.92. The second kappa shape index (κ2) is 4.85. The maximum atomic E-state index is 13.0. The molecule has 1 aromatic heterocycles. The maximum Gasteiger partial charge on any atom is 0.330 e. The van der Waals surface area contributed by atoms with Crippen LogP contribution in [0.15, 0.2) is 22.8 Å². The van der Waals surface area contributed by atoms with Gasteiger partial charge in [0.25, 0.3) is 0 Å². The minimum absolute atomic E-state index is 0.227. The number of carbonyl (C=O) groups excluding carboxylic acids is 1. The van der Waals surface area contributed by atoms with Crippen molar-refractivity contribution in [2.75, 3.05) is 7.11 Å². The minimum Gasteiger partial charge on any atom is -0.466 e. The highest BCUT2D eigenvalue weighted by Gasteiger charge is 2.01. The minimum atomic E-state index is -0.631. The Morgan fingerprint density at radius 3 is 3.07 bits per heavy atom. The molecule has 5 heteroatoms. The largest absolute Gasteiger partial charge is 0.466 e. The van der Waals surface area contributed by atoms with Crippen molar-refractivity contribution in [1.29, 1.82) is 0 Å². The van der Waals surface area contributed by atoms with E-state index in [0.29, 0.717) is 4.47 Å². The Morgan fingerprint density at radius 2 is 2.43 bits per heavy atom. The van der Waals surface area contributed by atoms with Crippen LogP contribution in [0.2, 0.25) is 0 Å². The number of aromatic nitrogens is 1. The number of nitrogens with zero attached hydrogens (tertiary/aromatic N) is 1. The molecule has 0 aliphatic carbocycles. The standard InChI is InChI=1S/C9H7BrFNO2/c1-14-8(13)3-2-6-4-7(10)5-12-9(6)11/h2-5H,1H3/b3-2+. The number of esters is 1. The average molecular weight is 260 g/mol. The fourth-order valence-electron chi connectivity index (χ4n) is 0.781. The summed E-state index contributed by atoms with van der Waals surface area (Å²) in [4.78, 5) is 14.2. The summed E-state index contributed by atoms with van der Waals surface area (Å²) in [5.41, 5.74) is 0.227. The normalized spacial score (nSPS) is 10.5. The summed E-state index contributed by atoms with van der Waals surface area (Å²) in [6, 6.07) is 1.52. The van der Waals surface area contributed by atoms with Crippen molar-refractivity contribution in [3.63, 3.8) is 0 Å². The van der Waals surface area contributed by atoms with E-state index in [9.17, 15) is 9.18 Å². The van der Waals surface area contributed by atoms with Crippen molar-refractivity contribution in [1.82, 2.24) is 4.98 Å². The van der Waals surface area contributed by atoms with Crippen LogP contribution in [0.1, 0.15) is 5.56 Å². The van der Waals surface area contributed by atoms with Crippen LogP contribution in [0.3, 0.4) is 0 Å². The average Bonchev–Trinajstić information content (AvgIpc) is 2.19. The molecular formula is C9H7BrFNO2. The molecule has 0 radical (unpaired) electrons. The molecular weight excluding hydrogens is 253 g/mol. The smallest absolute Gasteiger partial charge is 0.330 e. The fourth-order valence-corrected chi connectivity index (χ4v) is 1.13. The molecule has 1 heterocycles. The first-order valence-electron chi connectivity index (χ1n) is 3.70. The van der Waals surface area contributed by atoms with Gasteiger partial charge in [-0.1, -0.05) is 0 Å². The molecule has 0 unspecified atom stereocenters. The van der Waals surface area contributed by atoms with Gasteiger partial charge in [0.2, 0.25) is 5.95 Å². The summed E-state index contributed by atoms with van der Waals surface area (Å²) in [6.45, 7) is 0. The summed E-state index contributed by atoms with van der Waals surface area (Å²) in [7, 11) is 1.25. The highest BCUT2D eigenvalue weighted by Crippen LogP contribution is 2.14. The van der Waals surface area contributed by atoms with E-state index in [2.05, 4.69) is 25.7 Å². The number of methoxy groups -OCH3 is 1. The fraction of sp³-hybridized carbons (Fsp3) is 0.111. The van der Waals surface area contributed by atoms with E-state index >= 15 is 0 Å². The molecule has 0 aliphatic rings. The summed E-state index contributed by atoms with van der Waals surface area (Å²) in [5, 5.41) is 0. The van der Waals surface area contributed by atoms with Crippen molar-refractivity contribution >= 4 is 28.0 Å². The van der Waals surface area contributed by atoms with Crippen molar-refractivity contribution in [3.05, 3.63) is 34.3 Å². The molecule has 1 aromatic rings. The van der Waals surface area contributed by atoms with Gasteiger partial charge >= 0.3 is 5.97 Å². The lowest BCUT2D eigenvalue weighted by Crippen LogP contribution is -1.94. The molecule has 0 N–H and O–H groups in total. The van der Waals surface area contributed by atoms with Gasteiger partial charge in [0.15, 0.2) is 0 Å². The maximum absolute atomic E-state index is 13.0. The van der Waals surface area contributed by atoms with Crippen molar-refractivity contribution in [2.45, 2.75) is 0 Å². The number of pyridine rings is 1. The number of carbonyl (C=O) groups is 1. The second-order valence-electron chi connectivity index (χ2n) is 2.39. The summed E-state index contributed by atoms with van der Waals surface area (Å²) < 4.78 is 18.0. The first-order chi connectivity index (χ1) is 6.63. The molecule has 0 saturated heterocycles. The Kier molecular flexibility index (Phi) is 3.76. The predicted octanol–water partition coefficient (Wildman–Crippen LogP) is 2.17. The molecule has 0 fully saturated rings. The van der Waals surface area contributed by atoms with Crippen molar-refractivity contribution < 1.29 is 13.9 Å². The Balaban J connectivity index is 2.90. The highest BCUT2D eigenvalue weighted by molar-refractivity contribution is 9.10. The van der Waals surface area contributed by atoms with Gasteiger partial charge in [-0.15, -0.1) is 0 Å². The molecule has 3 nitrogen and oxygen atoms in total. The van der Waals surface area contributed by atoms with E-state index in [1.165, 1.54) is 25.4 Å². The van der Waals surface area contributed by atoms with Crippen LogP contribution >= 0.6 is 15.9 Å². The van der Waals surface area contributed by atoms with E-state index in [-0.39, 0.29) is 5.56 Å². The van der Waals surface area contributed by atoms with Crippen LogP contribution in [0.25, 0.3) is 6.08 Å². The Bertz CT molecular complexity index is 379. The summed E-state index contributed by atoms with van der Waals surface area (Å²) in [6.07, 6.45) is 3.77. The Labute approximate surface area is 88.7 Å². The number of halogens is 2. The lowest BCUT2D eigenvalue weighted by molar-refractivity contribution is -0.134. The first-order valence-corrected chi connectivity index (χ1v) is 4.50. The van der Waals surface area contributed by atoms with E-state index in [1.54, 1.807) is 0 Å². The number of ether oxygens (including phenoxy) is 1. The molecule has 74 valence electrons. The molecule has 0 aliphatic heterocycles. The molecule has 0 amide bonds. The van der Waals surface area contributed by atoms with E-state index in [1.807, 2.05) is 0 Å². The zero-order chi connectivity index (χ0) is 10.6. The van der Waals surface area contributed by atoms with Gasteiger partial charge in [0.05, 0.1) is 7.11 Å². The van der Waals surface area contributed by atoms with E-state index in [0.717, 1.165) is 6.08 Å². The van der Waals surface area contributed by atoms with Crippen LogP contribution in [-0.2, 0) is 9.53 Å². The molecule has 0 atom stereocenters. The van der Waals surface area contributed by atoms with Gasteiger partial charge in [-0.25, -0.2) is 9.78 Å². The van der Waals surface area contributed by atoms with Gasteiger partial charge in [-0.2, -0.15) is 4.39 Å². The van der Waals surface area contributed by atoms with E-state index in [4.69, 9.17) is 0 Å². The predicted molar refractivity (Wildman–Crippen MR) is 52.9 cm³/mol. The van der Waals surface area contributed by atoms with Crippen molar-refractivity contribution in [2.24, 2.45) is 0 Å². The van der Waals surface area contributed by atoms with Gasteiger partial charge < -0.3 is 4.74 Å². The monoisotopic (exact) mass is 259 g/mol. The lowest BCUT2D eigenvalue weighted by Gasteiger charge is -1.96. The lowest BCUT2D eigenvalue weighted by atomic mass is 10.2. The number of hydrogen-bond acceptors (Lipinski definition) is 3. The third-order valence-electron chi connectivity index (χ3n) is 1.43. The second-order valence-corrected chi connectivity index (χ2v) is 3.31. The first kappa shape index (κ1) is 10.8. The molecule has 0 aromatic carbocycles. The van der Waals surface area contributed by atoms with Gasteiger partial charge in [-0.05, 0) is 28.1 Å². The molecule has 0 saturated carbocycles. The molecule has 0 spiro atoms. The molecule has 0 bridgehead atoms. The third kappa shape index (κ3) is 2.92. The third-order valence-corrected chi connectivity index (χ3v) is 1.87. The number of rotatable bonds is 2.